The third-order valence-corrected chi connectivity index (χ3v) is 6.86. The van der Waals surface area contributed by atoms with Crippen molar-refractivity contribution < 1.29 is 23.8 Å². The van der Waals surface area contributed by atoms with Crippen LogP contribution in [0.4, 0.5) is 4.79 Å². The Hall–Kier alpha value is -2.70. The van der Waals surface area contributed by atoms with Crippen LogP contribution in [-0.2, 0) is 20.8 Å². The smallest absolute Gasteiger partial charge is 0.410 e. The molecule has 3 aliphatic rings. The summed E-state index contributed by atoms with van der Waals surface area (Å²) < 4.78 is 17.0. The maximum Gasteiger partial charge on any atom is 0.410 e. The van der Waals surface area contributed by atoms with Crippen molar-refractivity contribution in [2.75, 3.05) is 13.2 Å². The van der Waals surface area contributed by atoms with Gasteiger partial charge >= 0.3 is 6.09 Å². The number of Topliss-reactive ketones (excluding diaryl/α,β-unsaturated/α-hetero) is 1. The minimum atomic E-state index is -0.470. The van der Waals surface area contributed by atoms with Crippen LogP contribution in [0, 0.1) is 5.92 Å². The molecule has 3 heterocycles. The van der Waals surface area contributed by atoms with Crippen LogP contribution in [0.5, 0.6) is 0 Å². The van der Waals surface area contributed by atoms with Crippen molar-refractivity contribution in [3.63, 3.8) is 0 Å². The maximum atomic E-state index is 13.5. The summed E-state index contributed by atoms with van der Waals surface area (Å²) in [6.45, 7) is 1.36. The fourth-order valence-corrected chi connectivity index (χ4v) is 5.37. The molecule has 32 heavy (non-hydrogen) atoms. The predicted molar refractivity (Wildman–Crippen MR) is 118 cm³/mol. The Bertz CT molecular complexity index is 942. The molecule has 2 unspecified atom stereocenters. The molecule has 2 aromatic rings. The molecule has 6 heteroatoms. The molecule has 0 saturated carbocycles. The molecule has 168 valence electrons. The number of piperidine rings is 2. The second-order valence-electron chi connectivity index (χ2n) is 8.88. The van der Waals surface area contributed by atoms with Crippen LogP contribution in [-0.4, -0.2) is 42.1 Å². The third kappa shape index (κ3) is 4.30. The lowest BCUT2D eigenvalue weighted by Gasteiger charge is -2.47. The second-order valence-corrected chi connectivity index (χ2v) is 8.88. The van der Waals surface area contributed by atoms with Gasteiger partial charge in [0.05, 0.1) is 13.2 Å². The average Bonchev–Trinajstić information content (AvgIpc) is 3.37. The van der Waals surface area contributed by atoms with Crippen LogP contribution < -0.4 is 0 Å². The number of benzene rings is 2. The van der Waals surface area contributed by atoms with Gasteiger partial charge in [0.15, 0.2) is 12.1 Å². The first-order chi connectivity index (χ1) is 15.7. The Kier molecular flexibility index (Phi) is 6.23. The zero-order valence-corrected chi connectivity index (χ0v) is 18.2. The molecule has 5 rings (SSSR count). The Labute approximate surface area is 188 Å². The highest BCUT2D eigenvalue weighted by atomic mass is 16.7. The van der Waals surface area contributed by atoms with Crippen LogP contribution in [0.1, 0.15) is 59.9 Å². The fourth-order valence-electron chi connectivity index (χ4n) is 5.37. The second kappa shape index (κ2) is 9.43. The maximum absolute atomic E-state index is 13.5. The normalized spacial score (nSPS) is 25.5. The van der Waals surface area contributed by atoms with Crippen molar-refractivity contribution in [1.82, 2.24) is 4.90 Å². The Morgan fingerprint density at radius 1 is 0.906 bits per heavy atom. The molecule has 0 aromatic heterocycles. The van der Waals surface area contributed by atoms with E-state index >= 15 is 0 Å². The number of hydrogen-bond acceptors (Lipinski definition) is 5. The molecule has 6 nitrogen and oxygen atoms in total. The van der Waals surface area contributed by atoms with E-state index in [4.69, 9.17) is 14.2 Å². The number of carbonyl (C=O) groups is 2. The minimum Gasteiger partial charge on any atom is -0.445 e. The molecule has 2 aromatic carbocycles. The molecule has 0 radical (unpaired) electrons. The number of fused-ring (bicyclic) bond motifs is 2. The van der Waals surface area contributed by atoms with E-state index in [-0.39, 0.29) is 36.5 Å². The summed E-state index contributed by atoms with van der Waals surface area (Å²) in [7, 11) is 0. The Morgan fingerprint density at radius 2 is 1.56 bits per heavy atom. The summed E-state index contributed by atoms with van der Waals surface area (Å²) in [4.78, 5) is 28.4. The lowest BCUT2D eigenvalue weighted by Crippen LogP contribution is -2.55. The van der Waals surface area contributed by atoms with E-state index in [2.05, 4.69) is 0 Å². The molecule has 3 saturated heterocycles. The number of ketones is 1. The molecule has 0 spiro atoms. The highest BCUT2D eigenvalue weighted by molar-refractivity contribution is 5.99. The standard InChI is InChI=1S/C26H29NO5/c28-24(22-11-4-5-12-23(22)25-30-13-14-31-25)19-15-20-9-6-10-21(16-19)27(20)26(29)32-17-18-7-2-1-3-8-18/h1-5,7-8,11-12,19-21,25H,6,9-10,13-17H2. The Balaban J connectivity index is 1.28. The van der Waals surface area contributed by atoms with Gasteiger partial charge in [-0.3, -0.25) is 4.79 Å². The summed E-state index contributed by atoms with van der Waals surface area (Å²) in [5.74, 6) is 0.0277. The van der Waals surface area contributed by atoms with Gasteiger partial charge in [-0.2, -0.15) is 0 Å². The van der Waals surface area contributed by atoms with E-state index in [0.29, 0.717) is 31.6 Å². The molecule has 1 amide bonds. The molecular formula is C26H29NO5. The number of carbonyl (C=O) groups excluding carboxylic acids is 2. The zero-order chi connectivity index (χ0) is 21.9. The van der Waals surface area contributed by atoms with Crippen molar-refractivity contribution in [3.05, 3.63) is 71.3 Å². The van der Waals surface area contributed by atoms with Gasteiger partial charge in [-0.05, 0) is 37.7 Å². The van der Waals surface area contributed by atoms with Crippen molar-refractivity contribution in [1.29, 1.82) is 0 Å². The number of ether oxygens (including phenoxy) is 3. The van der Waals surface area contributed by atoms with Crippen LogP contribution in [0.2, 0.25) is 0 Å². The van der Waals surface area contributed by atoms with E-state index in [1.165, 1.54) is 0 Å². The fraction of sp³-hybridized carbons (Fsp3) is 0.462. The van der Waals surface area contributed by atoms with Crippen molar-refractivity contribution in [3.8, 4) is 0 Å². The largest absolute Gasteiger partial charge is 0.445 e. The predicted octanol–water partition coefficient (Wildman–Crippen LogP) is 4.88. The highest BCUT2D eigenvalue weighted by Crippen LogP contribution is 2.40. The molecule has 3 aliphatic heterocycles. The molecule has 0 aliphatic carbocycles. The van der Waals surface area contributed by atoms with Gasteiger partial charge in [0.2, 0.25) is 0 Å². The van der Waals surface area contributed by atoms with Crippen LogP contribution in [0.25, 0.3) is 0 Å². The zero-order valence-electron chi connectivity index (χ0n) is 18.2. The first kappa shape index (κ1) is 21.2. The summed E-state index contributed by atoms with van der Waals surface area (Å²) >= 11 is 0. The lowest BCUT2D eigenvalue weighted by molar-refractivity contribution is -0.0446. The minimum absolute atomic E-state index is 0.0471. The van der Waals surface area contributed by atoms with Crippen LogP contribution in [0.3, 0.4) is 0 Å². The van der Waals surface area contributed by atoms with Crippen LogP contribution >= 0.6 is 0 Å². The summed E-state index contributed by atoms with van der Waals surface area (Å²) in [5, 5.41) is 0. The topological polar surface area (TPSA) is 65.1 Å². The first-order valence-electron chi connectivity index (χ1n) is 11.6. The van der Waals surface area contributed by atoms with Crippen molar-refractivity contribution in [2.45, 2.75) is 57.1 Å². The van der Waals surface area contributed by atoms with Gasteiger partial charge in [0.25, 0.3) is 0 Å². The van der Waals surface area contributed by atoms with Crippen molar-refractivity contribution in [2.24, 2.45) is 5.92 Å². The van der Waals surface area contributed by atoms with E-state index < -0.39 is 6.29 Å². The quantitative estimate of drug-likeness (QED) is 0.626. The summed E-state index contributed by atoms with van der Waals surface area (Å²) in [6.07, 6.45) is 3.53. The van der Waals surface area contributed by atoms with E-state index in [1.54, 1.807) is 0 Å². The molecule has 2 bridgehead atoms. The van der Waals surface area contributed by atoms with Crippen LogP contribution in [0.15, 0.2) is 54.6 Å². The van der Waals surface area contributed by atoms with Crippen molar-refractivity contribution >= 4 is 11.9 Å². The van der Waals surface area contributed by atoms with Gasteiger partial charge in [-0.15, -0.1) is 0 Å². The SMILES string of the molecule is O=C(c1ccccc1C1OCCO1)C1CC2CCCC(C1)N2C(=O)OCc1ccccc1. The monoisotopic (exact) mass is 435 g/mol. The Morgan fingerprint density at radius 3 is 2.28 bits per heavy atom. The van der Waals surface area contributed by atoms with E-state index in [0.717, 1.165) is 30.4 Å². The summed E-state index contributed by atoms with van der Waals surface area (Å²) in [6, 6.07) is 17.4. The number of amides is 1. The first-order valence-corrected chi connectivity index (χ1v) is 11.6. The van der Waals surface area contributed by atoms with Gasteiger partial charge in [0, 0.05) is 29.1 Å². The lowest BCUT2D eigenvalue weighted by atomic mass is 9.75. The van der Waals surface area contributed by atoms with Gasteiger partial charge < -0.3 is 19.1 Å². The number of hydrogen-bond donors (Lipinski definition) is 0. The molecule has 3 fully saturated rings. The van der Waals surface area contributed by atoms with E-state index in [9.17, 15) is 9.59 Å². The summed E-state index contributed by atoms with van der Waals surface area (Å²) in [5.41, 5.74) is 2.47. The highest BCUT2D eigenvalue weighted by Gasteiger charge is 2.44. The van der Waals surface area contributed by atoms with Gasteiger partial charge in [-0.1, -0.05) is 54.6 Å². The average molecular weight is 436 g/mol. The molecular weight excluding hydrogens is 406 g/mol. The third-order valence-electron chi connectivity index (χ3n) is 6.86. The molecule has 2 atom stereocenters. The number of nitrogens with zero attached hydrogens (tertiary/aromatic N) is 1. The van der Waals surface area contributed by atoms with E-state index in [1.807, 2.05) is 59.5 Å². The number of rotatable bonds is 5. The molecule has 0 N–H and O–H groups in total. The van der Waals surface area contributed by atoms with Gasteiger partial charge in [-0.25, -0.2) is 4.79 Å². The van der Waals surface area contributed by atoms with Gasteiger partial charge in [0.1, 0.15) is 6.61 Å².